The molecule has 0 aliphatic carbocycles. The Morgan fingerprint density at radius 3 is 2.40 bits per heavy atom. The molecular weight excluding hydrogens is 250 g/mol. The van der Waals surface area contributed by atoms with Crippen LogP contribution < -0.4 is 16.2 Å². The number of hydrogen-bond donors (Lipinski definition) is 2. The summed E-state index contributed by atoms with van der Waals surface area (Å²) in [6, 6.07) is 1.94. The number of hydrogen-bond acceptors (Lipinski definition) is 5. The third-order valence-electron chi connectivity index (χ3n) is 3.72. The van der Waals surface area contributed by atoms with Gasteiger partial charge in [-0.1, -0.05) is 33.6 Å². The van der Waals surface area contributed by atoms with Gasteiger partial charge in [-0.3, -0.25) is 0 Å². The molecule has 114 valence electrons. The van der Waals surface area contributed by atoms with Crippen molar-refractivity contribution in [2.75, 3.05) is 23.4 Å². The second-order valence-electron chi connectivity index (χ2n) is 5.14. The molecule has 0 aliphatic heterocycles. The van der Waals surface area contributed by atoms with E-state index in [4.69, 9.17) is 5.84 Å². The summed E-state index contributed by atoms with van der Waals surface area (Å²) in [5, 5.41) is 0. The molecule has 0 spiro atoms. The van der Waals surface area contributed by atoms with Gasteiger partial charge in [-0.15, -0.1) is 0 Å². The fourth-order valence-electron chi connectivity index (χ4n) is 2.30. The molecule has 0 bridgehead atoms. The average Bonchev–Trinajstić information content (AvgIpc) is 2.48. The average molecular weight is 279 g/mol. The molecule has 0 amide bonds. The fraction of sp³-hybridized carbons (Fsp3) is 0.733. The molecule has 0 atom stereocenters. The number of anilines is 2. The van der Waals surface area contributed by atoms with Crippen molar-refractivity contribution >= 4 is 11.6 Å². The number of hydrazine groups is 1. The van der Waals surface area contributed by atoms with Gasteiger partial charge in [0.15, 0.2) is 0 Å². The molecule has 5 nitrogen and oxygen atoms in total. The Labute approximate surface area is 123 Å². The van der Waals surface area contributed by atoms with Crippen molar-refractivity contribution in [2.24, 2.45) is 11.8 Å². The molecule has 5 heteroatoms. The fourth-order valence-corrected chi connectivity index (χ4v) is 2.30. The Morgan fingerprint density at radius 2 is 1.90 bits per heavy atom. The second-order valence-corrected chi connectivity index (χ2v) is 5.14. The van der Waals surface area contributed by atoms with Crippen molar-refractivity contribution in [1.29, 1.82) is 0 Å². The first-order valence-electron chi connectivity index (χ1n) is 7.77. The van der Waals surface area contributed by atoms with E-state index < -0.39 is 0 Å². The van der Waals surface area contributed by atoms with Crippen LogP contribution in [0.2, 0.25) is 0 Å². The van der Waals surface area contributed by atoms with Gasteiger partial charge >= 0.3 is 0 Å². The van der Waals surface area contributed by atoms with E-state index in [0.717, 1.165) is 37.6 Å². The summed E-state index contributed by atoms with van der Waals surface area (Å²) in [5.41, 5.74) is 2.65. The van der Waals surface area contributed by atoms with Gasteiger partial charge in [0.1, 0.15) is 17.5 Å². The van der Waals surface area contributed by atoms with E-state index in [0.29, 0.717) is 11.7 Å². The van der Waals surface area contributed by atoms with Gasteiger partial charge in [0.25, 0.3) is 0 Å². The molecule has 0 saturated carbocycles. The van der Waals surface area contributed by atoms with Crippen molar-refractivity contribution in [3.63, 3.8) is 0 Å². The van der Waals surface area contributed by atoms with Crippen molar-refractivity contribution in [3.05, 3.63) is 11.9 Å². The number of nitrogen functional groups attached to an aromatic ring is 1. The summed E-state index contributed by atoms with van der Waals surface area (Å²) < 4.78 is 0. The minimum atomic E-state index is 0.696. The number of aryl methyl sites for hydroxylation is 1. The quantitative estimate of drug-likeness (QED) is 0.537. The predicted octanol–water partition coefficient (Wildman–Crippen LogP) is 2.98. The number of rotatable bonds is 9. The largest absolute Gasteiger partial charge is 0.356 e. The number of nitrogens with two attached hydrogens (primary N) is 1. The first-order valence-corrected chi connectivity index (χ1v) is 7.77. The molecule has 0 fully saturated rings. The molecule has 1 rings (SSSR count). The van der Waals surface area contributed by atoms with Crippen LogP contribution in [-0.4, -0.2) is 23.1 Å². The molecule has 0 aromatic carbocycles. The molecule has 1 aromatic heterocycles. The van der Waals surface area contributed by atoms with Gasteiger partial charge in [-0.25, -0.2) is 15.8 Å². The summed E-state index contributed by atoms with van der Waals surface area (Å²) >= 11 is 0. The lowest BCUT2D eigenvalue weighted by molar-refractivity contribution is 0.484. The van der Waals surface area contributed by atoms with Crippen molar-refractivity contribution in [1.82, 2.24) is 9.97 Å². The van der Waals surface area contributed by atoms with E-state index in [1.165, 1.54) is 12.8 Å². The Hall–Kier alpha value is -1.36. The predicted molar refractivity (Wildman–Crippen MR) is 85.8 cm³/mol. The van der Waals surface area contributed by atoms with Gasteiger partial charge in [-0.05, 0) is 19.3 Å². The van der Waals surface area contributed by atoms with Crippen LogP contribution in [0.1, 0.15) is 52.8 Å². The third kappa shape index (κ3) is 4.63. The van der Waals surface area contributed by atoms with Crippen LogP contribution in [-0.2, 0) is 6.42 Å². The van der Waals surface area contributed by atoms with E-state index in [-0.39, 0.29) is 0 Å². The SMILES string of the molecule is CCCc1nc(NN)cc(N(CC)CC(CC)CC)n1. The molecule has 0 unspecified atom stereocenters. The Balaban J connectivity index is 2.97. The first-order chi connectivity index (χ1) is 9.68. The molecule has 0 radical (unpaired) electrons. The highest BCUT2D eigenvalue weighted by Gasteiger charge is 2.14. The normalized spacial score (nSPS) is 10.9. The van der Waals surface area contributed by atoms with E-state index in [1.54, 1.807) is 0 Å². The summed E-state index contributed by atoms with van der Waals surface area (Å²) in [5.74, 6) is 8.76. The number of aromatic nitrogens is 2. The van der Waals surface area contributed by atoms with E-state index in [2.05, 4.69) is 48.0 Å². The summed E-state index contributed by atoms with van der Waals surface area (Å²) in [7, 11) is 0. The molecule has 0 aliphatic rings. The zero-order valence-electron chi connectivity index (χ0n) is 13.3. The van der Waals surface area contributed by atoms with Crippen LogP contribution >= 0.6 is 0 Å². The summed E-state index contributed by atoms with van der Waals surface area (Å²) in [6.45, 7) is 10.8. The lowest BCUT2D eigenvalue weighted by Gasteiger charge is -2.27. The monoisotopic (exact) mass is 279 g/mol. The molecule has 3 N–H and O–H groups in total. The lowest BCUT2D eigenvalue weighted by Crippen LogP contribution is -2.30. The highest BCUT2D eigenvalue weighted by molar-refractivity contribution is 5.48. The highest BCUT2D eigenvalue weighted by atomic mass is 15.3. The van der Waals surface area contributed by atoms with Crippen LogP contribution in [0.3, 0.4) is 0 Å². The Bertz CT molecular complexity index is 390. The summed E-state index contributed by atoms with van der Waals surface area (Å²) in [4.78, 5) is 11.4. The van der Waals surface area contributed by atoms with E-state index in [1.807, 2.05) is 6.07 Å². The molecule has 20 heavy (non-hydrogen) atoms. The minimum absolute atomic E-state index is 0.696. The maximum absolute atomic E-state index is 5.52. The summed E-state index contributed by atoms with van der Waals surface area (Å²) in [6.07, 6.45) is 4.31. The first kappa shape index (κ1) is 16.7. The zero-order chi connectivity index (χ0) is 15.0. The second kappa shape index (κ2) is 8.74. The molecular formula is C15H29N5. The number of nitrogens with zero attached hydrogens (tertiary/aromatic N) is 3. The van der Waals surface area contributed by atoms with Crippen molar-refractivity contribution < 1.29 is 0 Å². The van der Waals surface area contributed by atoms with E-state index in [9.17, 15) is 0 Å². The van der Waals surface area contributed by atoms with Gasteiger partial charge in [-0.2, -0.15) is 0 Å². The van der Waals surface area contributed by atoms with Crippen molar-refractivity contribution in [2.45, 2.75) is 53.4 Å². The minimum Gasteiger partial charge on any atom is -0.356 e. The topological polar surface area (TPSA) is 67.1 Å². The standard InChI is InChI=1S/C15H29N5/c1-5-9-13-17-14(19-16)10-15(18-13)20(8-4)11-12(6-2)7-3/h10,12H,5-9,11,16H2,1-4H3,(H,17,18,19). The van der Waals surface area contributed by atoms with Crippen LogP contribution in [0.25, 0.3) is 0 Å². The maximum Gasteiger partial charge on any atom is 0.145 e. The smallest absolute Gasteiger partial charge is 0.145 e. The van der Waals surface area contributed by atoms with Crippen LogP contribution in [0.5, 0.6) is 0 Å². The van der Waals surface area contributed by atoms with Crippen LogP contribution in [0.4, 0.5) is 11.6 Å². The van der Waals surface area contributed by atoms with Crippen LogP contribution in [0.15, 0.2) is 6.07 Å². The lowest BCUT2D eigenvalue weighted by atomic mass is 10.0. The van der Waals surface area contributed by atoms with Gasteiger partial charge in [0.2, 0.25) is 0 Å². The zero-order valence-corrected chi connectivity index (χ0v) is 13.3. The van der Waals surface area contributed by atoms with Crippen molar-refractivity contribution in [3.8, 4) is 0 Å². The Kier molecular flexibility index (Phi) is 7.30. The molecule has 1 heterocycles. The maximum atomic E-state index is 5.52. The van der Waals surface area contributed by atoms with Crippen LogP contribution in [0, 0.1) is 5.92 Å². The van der Waals surface area contributed by atoms with E-state index >= 15 is 0 Å². The molecule has 0 saturated heterocycles. The number of nitrogens with one attached hydrogen (secondary N) is 1. The Morgan fingerprint density at radius 1 is 1.20 bits per heavy atom. The van der Waals surface area contributed by atoms with Gasteiger partial charge in [0.05, 0.1) is 0 Å². The van der Waals surface area contributed by atoms with Gasteiger partial charge in [0, 0.05) is 25.6 Å². The highest BCUT2D eigenvalue weighted by Crippen LogP contribution is 2.19. The molecule has 1 aromatic rings. The third-order valence-corrected chi connectivity index (χ3v) is 3.72. The van der Waals surface area contributed by atoms with Gasteiger partial charge < -0.3 is 10.3 Å².